The number of carbonyl (C=O) groups excluding carboxylic acids is 1. The number of hydrogen-bond donors (Lipinski definition) is 0. The Balaban J connectivity index is 1.64. The van der Waals surface area contributed by atoms with Crippen molar-refractivity contribution in [2.45, 2.75) is 63.5 Å². The van der Waals surface area contributed by atoms with E-state index in [1.165, 1.54) is 0 Å². The average molecular weight is 416 g/mol. The Hall–Kier alpha value is -2.02. The van der Waals surface area contributed by atoms with Gasteiger partial charge in [-0.15, -0.1) is 0 Å². The molecule has 2 heterocycles. The van der Waals surface area contributed by atoms with E-state index in [9.17, 15) is 13.2 Å². The van der Waals surface area contributed by atoms with Gasteiger partial charge in [-0.1, -0.05) is 33.1 Å². The number of benzene rings is 1. The monoisotopic (exact) mass is 415 g/mol. The standard InChI is InChI=1S/C22H29N3O3S/c1-3-17-18(4-2)24-20-14-16(8-9-19(20)23-17)21(26)25-12-13-29(27,28)22(15-25)10-6-5-7-11-22/h8-9,14H,3-7,10-13,15H2,1-2H3. The van der Waals surface area contributed by atoms with Gasteiger partial charge in [0.15, 0.2) is 9.84 Å². The molecule has 0 unspecified atom stereocenters. The van der Waals surface area contributed by atoms with E-state index >= 15 is 0 Å². The van der Waals surface area contributed by atoms with Crippen LogP contribution in [0.5, 0.6) is 0 Å². The predicted octanol–water partition coefficient (Wildman–Crippen LogP) is 3.33. The first-order valence-electron chi connectivity index (χ1n) is 10.7. The van der Waals surface area contributed by atoms with E-state index in [1.54, 1.807) is 17.0 Å². The first kappa shape index (κ1) is 20.3. The molecule has 1 amide bonds. The predicted molar refractivity (Wildman–Crippen MR) is 114 cm³/mol. The number of sulfone groups is 1. The number of amides is 1. The first-order chi connectivity index (χ1) is 13.9. The van der Waals surface area contributed by atoms with E-state index in [-0.39, 0.29) is 18.2 Å². The fourth-order valence-electron chi connectivity index (χ4n) is 4.82. The van der Waals surface area contributed by atoms with Gasteiger partial charge in [0.2, 0.25) is 0 Å². The molecule has 4 rings (SSSR count). The molecule has 2 aromatic rings. The molecule has 0 atom stereocenters. The molecule has 0 radical (unpaired) electrons. The summed E-state index contributed by atoms with van der Waals surface area (Å²) in [7, 11) is -3.16. The Bertz CT molecular complexity index is 1040. The van der Waals surface area contributed by atoms with Crippen LogP contribution in [0, 0.1) is 0 Å². The van der Waals surface area contributed by atoms with Gasteiger partial charge in [0.25, 0.3) is 5.91 Å². The largest absolute Gasteiger partial charge is 0.336 e. The van der Waals surface area contributed by atoms with Crippen LogP contribution < -0.4 is 0 Å². The second-order valence-corrected chi connectivity index (χ2v) is 10.8. The zero-order chi connectivity index (χ0) is 20.6. The molecule has 1 aliphatic carbocycles. The van der Waals surface area contributed by atoms with Gasteiger partial charge in [0.1, 0.15) is 0 Å². The van der Waals surface area contributed by atoms with E-state index in [0.29, 0.717) is 24.9 Å². The smallest absolute Gasteiger partial charge is 0.254 e. The van der Waals surface area contributed by atoms with Crippen molar-refractivity contribution in [1.29, 1.82) is 0 Å². The molecule has 1 aromatic carbocycles. The van der Waals surface area contributed by atoms with Crippen LogP contribution in [-0.2, 0) is 22.7 Å². The molecule has 2 fully saturated rings. The first-order valence-corrected chi connectivity index (χ1v) is 12.4. The molecule has 6 nitrogen and oxygen atoms in total. The summed E-state index contributed by atoms with van der Waals surface area (Å²) < 4.78 is 24.9. The highest BCUT2D eigenvalue weighted by molar-refractivity contribution is 7.92. The van der Waals surface area contributed by atoms with Crippen LogP contribution in [0.3, 0.4) is 0 Å². The highest BCUT2D eigenvalue weighted by Crippen LogP contribution is 2.39. The third kappa shape index (κ3) is 3.54. The summed E-state index contributed by atoms with van der Waals surface area (Å²) >= 11 is 0. The highest BCUT2D eigenvalue weighted by atomic mass is 32.2. The number of carbonyl (C=O) groups is 1. The third-order valence-corrected chi connectivity index (χ3v) is 9.13. The lowest BCUT2D eigenvalue weighted by Crippen LogP contribution is -2.58. The summed E-state index contributed by atoms with van der Waals surface area (Å²) in [6.07, 6.45) is 5.89. The maximum Gasteiger partial charge on any atom is 0.254 e. The minimum Gasteiger partial charge on any atom is -0.336 e. The minimum absolute atomic E-state index is 0.0615. The molecule has 1 aliphatic heterocycles. The van der Waals surface area contributed by atoms with Crippen molar-refractivity contribution in [3.8, 4) is 0 Å². The van der Waals surface area contributed by atoms with Crippen LogP contribution in [0.2, 0.25) is 0 Å². The van der Waals surface area contributed by atoms with Crippen molar-refractivity contribution in [3.63, 3.8) is 0 Å². The molecule has 0 bridgehead atoms. The van der Waals surface area contributed by atoms with Gasteiger partial charge in [-0.2, -0.15) is 0 Å². The Morgan fingerprint density at radius 2 is 1.69 bits per heavy atom. The summed E-state index contributed by atoms with van der Waals surface area (Å²) in [4.78, 5) is 24.4. The lowest BCUT2D eigenvalue weighted by atomic mass is 9.87. The highest BCUT2D eigenvalue weighted by Gasteiger charge is 2.49. The van der Waals surface area contributed by atoms with Gasteiger partial charge in [0.05, 0.1) is 32.9 Å². The second-order valence-electron chi connectivity index (χ2n) is 8.32. The third-order valence-electron chi connectivity index (χ3n) is 6.56. The van der Waals surface area contributed by atoms with Gasteiger partial charge in [-0.25, -0.2) is 18.4 Å². The van der Waals surface area contributed by atoms with E-state index in [1.807, 2.05) is 6.07 Å². The van der Waals surface area contributed by atoms with Crippen molar-refractivity contribution >= 4 is 26.8 Å². The maximum atomic E-state index is 13.2. The Labute approximate surface area is 172 Å². The molecule has 29 heavy (non-hydrogen) atoms. The van der Waals surface area contributed by atoms with E-state index in [4.69, 9.17) is 9.97 Å². The van der Waals surface area contributed by atoms with Gasteiger partial charge >= 0.3 is 0 Å². The fourth-order valence-corrected chi connectivity index (χ4v) is 6.98. The number of aryl methyl sites for hydroxylation is 2. The van der Waals surface area contributed by atoms with Gasteiger partial charge < -0.3 is 4.90 Å². The molecular formula is C22H29N3O3S. The summed E-state index contributed by atoms with van der Waals surface area (Å²) in [5, 5.41) is 0. The Kier molecular flexibility index (Phi) is 5.36. The molecule has 7 heteroatoms. The van der Waals surface area contributed by atoms with Crippen LogP contribution in [0.4, 0.5) is 0 Å². The number of fused-ring (bicyclic) bond motifs is 1. The molecule has 1 aromatic heterocycles. The SMILES string of the molecule is CCc1nc2ccc(C(=O)N3CCS(=O)(=O)C4(CCCCC4)C3)cc2nc1CC. The topological polar surface area (TPSA) is 80.2 Å². The lowest BCUT2D eigenvalue weighted by molar-refractivity contribution is 0.0723. The van der Waals surface area contributed by atoms with Crippen LogP contribution in [0.25, 0.3) is 11.0 Å². The van der Waals surface area contributed by atoms with Gasteiger partial charge in [0, 0.05) is 18.7 Å². The lowest BCUT2D eigenvalue weighted by Gasteiger charge is -2.44. The number of nitrogens with zero attached hydrogens (tertiary/aromatic N) is 3. The summed E-state index contributed by atoms with van der Waals surface area (Å²) in [6.45, 7) is 4.70. The molecular weight excluding hydrogens is 386 g/mol. The zero-order valence-corrected chi connectivity index (χ0v) is 18.1. The summed E-state index contributed by atoms with van der Waals surface area (Å²) in [5.74, 6) is -0.0439. The van der Waals surface area contributed by atoms with Crippen LogP contribution in [0.1, 0.15) is 67.7 Å². The van der Waals surface area contributed by atoms with Crippen LogP contribution in [-0.4, -0.2) is 52.8 Å². The van der Waals surface area contributed by atoms with E-state index < -0.39 is 14.6 Å². The van der Waals surface area contributed by atoms with Crippen molar-refractivity contribution in [3.05, 3.63) is 35.2 Å². The van der Waals surface area contributed by atoms with E-state index in [0.717, 1.165) is 54.5 Å². The molecule has 156 valence electrons. The summed E-state index contributed by atoms with van der Waals surface area (Å²) in [5.41, 5.74) is 4.04. The van der Waals surface area contributed by atoms with Crippen molar-refractivity contribution in [1.82, 2.24) is 14.9 Å². The second kappa shape index (κ2) is 7.67. The summed E-state index contributed by atoms with van der Waals surface area (Å²) in [6, 6.07) is 5.45. The molecule has 1 saturated heterocycles. The quantitative estimate of drug-likeness (QED) is 0.768. The van der Waals surface area contributed by atoms with E-state index in [2.05, 4.69) is 13.8 Å². The Morgan fingerprint density at radius 3 is 2.34 bits per heavy atom. The number of aromatic nitrogens is 2. The maximum absolute atomic E-state index is 13.2. The van der Waals surface area contributed by atoms with Crippen LogP contribution >= 0.6 is 0 Å². The molecule has 2 aliphatic rings. The van der Waals surface area contributed by atoms with Crippen molar-refractivity contribution < 1.29 is 13.2 Å². The number of hydrogen-bond acceptors (Lipinski definition) is 5. The molecule has 0 N–H and O–H groups in total. The fraction of sp³-hybridized carbons (Fsp3) is 0.591. The average Bonchev–Trinajstić information content (AvgIpc) is 2.74. The van der Waals surface area contributed by atoms with Crippen LogP contribution in [0.15, 0.2) is 18.2 Å². The van der Waals surface area contributed by atoms with Gasteiger partial charge in [-0.05, 0) is 43.9 Å². The zero-order valence-electron chi connectivity index (χ0n) is 17.3. The number of rotatable bonds is 3. The normalized spacial score (nSPS) is 20.8. The van der Waals surface area contributed by atoms with Crippen molar-refractivity contribution in [2.24, 2.45) is 0 Å². The Morgan fingerprint density at radius 1 is 1.03 bits per heavy atom. The van der Waals surface area contributed by atoms with Gasteiger partial charge in [-0.3, -0.25) is 4.79 Å². The van der Waals surface area contributed by atoms with Crippen molar-refractivity contribution in [2.75, 3.05) is 18.8 Å². The molecule has 1 spiro atoms. The minimum atomic E-state index is -3.16. The molecule has 1 saturated carbocycles.